The van der Waals surface area contributed by atoms with Crippen LogP contribution in [0.3, 0.4) is 0 Å². The summed E-state index contributed by atoms with van der Waals surface area (Å²) in [5.74, 6) is 1.94. The van der Waals surface area contributed by atoms with Crippen LogP contribution in [0.25, 0.3) is 28.1 Å². The van der Waals surface area contributed by atoms with Gasteiger partial charge in [-0.3, -0.25) is 0 Å². The van der Waals surface area contributed by atoms with Gasteiger partial charge in [0.25, 0.3) is 0 Å². The van der Waals surface area contributed by atoms with E-state index in [1.54, 1.807) is 0 Å². The molecule has 1 aliphatic carbocycles. The molecule has 1 aliphatic heterocycles. The molecule has 4 heterocycles. The molecule has 176 valence electrons. The Balaban J connectivity index is 1.44. The Morgan fingerprint density at radius 1 is 0.912 bits per heavy atom. The summed E-state index contributed by atoms with van der Waals surface area (Å²) in [5, 5.41) is 18.6. The fourth-order valence-electron chi connectivity index (χ4n) is 5.21. The summed E-state index contributed by atoms with van der Waals surface area (Å²) in [6.45, 7) is 6.13. The summed E-state index contributed by atoms with van der Waals surface area (Å²) in [5.41, 5.74) is 6.17. The van der Waals surface area contributed by atoms with Crippen molar-refractivity contribution in [1.82, 2.24) is 24.6 Å². The molecule has 0 amide bonds. The van der Waals surface area contributed by atoms with Gasteiger partial charge in [0.15, 0.2) is 5.65 Å². The second-order valence-electron chi connectivity index (χ2n) is 9.79. The summed E-state index contributed by atoms with van der Waals surface area (Å²) < 4.78 is 1.90. The van der Waals surface area contributed by atoms with Crippen LogP contribution in [0, 0.1) is 13.8 Å². The van der Waals surface area contributed by atoms with Crippen molar-refractivity contribution in [2.45, 2.75) is 64.5 Å². The molecular formula is C26H31N7O. The van der Waals surface area contributed by atoms with Crippen molar-refractivity contribution in [2.24, 2.45) is 0 Å². The molecule has 2 aliphatic rings. The van der Waals surface area contributed by atoms with Crippen LogP contribution in [0.2, 0.25) is 0 Å². The quantitative estimate of drug-likeness (QED) is 0.473. The van der Waals surface area contributed by atoms with E-state index in [0.717, 1.165) is 89.7 Å². The highest BCUT2D eigenvalue weighted by Crippen LogP contribution is 2.29. The first-order valence-corrected chi connectivity index (χ1v) is 12.4. The van der Waals surface area contributed by atoms with Gasteiger partial charge in [0.2, 0.25) is 0 Å². The van der Waals surface area contributed by atoms with Gasteiger partial charge in [-0.25, -0.2) is 15.0 Å². The van der Waals surface area contributed by atoms with Crippen LogP contribution in [0.4, 0.5) is 11.6 Å². The first-order valence-electron chi connectivity index (χ1n) is 12.4. The van der Waals surface area contributed by atoms with Crippen LogP contribution in [-0.4, -0.2) is 54.9 Å². The number of aryl methyl sites for hydroxylation is 2. The van der Waals surface area contributed by atoms with Gasteiger partial charge in [-0.15, -0.1) is 0 Å². The Kier molecular flexibility index (Phi) is 5.32. The van der Waals surface area contributed by atoms with Crippen LogP contribution in [-0.2, 0) is 0 Å². The molecule has 2 N–H and O–H groups in total. The Labute approximate surface area is 199 Å². The van der Waals surface area contributed by atoms with Crippen molar-refractivity contribution < 1.29 is 5.11 Å². The lowest BCUT2D eigenvalue weighted by atomic mass is 9.93. The van der Waals surface area contributed by atoms with Gasteiger partial charge in [-0.2, -0.15) is 9.61 Å². The Hall–Kier alpha value is -3.26. The zero-order valence-electron chi connectivity index (χ0n) is 19.8. The predicted molar refractivity (Wildman–Crippen MR) is 134 cm³/mol. The minimum atomic E-state index is -0.176. The summed E-state index contributed by atoms with van der Waals surface area (Å²) in [6, 6.07) is 10.6. The first kappa shape index (κ1) is 21.3. The molecule has 2 fully saturated rings. The zero-order valence-corrected chi connectivity index (χ0v) is 19.8. The minimum absolute atomic E-state index is 0.176. The lowest BCUT2D eigenvalue weighted by molar-refractivity contribution is 0.126. The Morgan fingerprint density at radius 3 is 2.50 bits per heavy atom. The average Bonchev–Trinajstić information content (AvgIpc) is 3.50. The number of nitrogens with one attached hydrogen (secondary N) is 1. The number of fused-ring (bicyclic) bond motifs is 2. The van der Waals surface area contributed by atoms with Gasteiger partial charge in [0, 0.05) is 31.3 Å². The van der Waals surface area contributed by atoms with E-state index in [-0.39, 0.29) is 6.10 Å². The second-order valence-corrected chi connectivity index (χ2v) is 9.79. The molecule has 0 atom stereocenters. The summed E-state index contributed by atoms with van der Waals surface area (Å²) in [7, 11) is 0. The highest BCUT2D eigenvalue weighted by Gasteiger charge is 2.23. The van der Waals surface area contributed by atoms with Gasteiger partial charge in [-0.1, -0.05) is 6.07 Å². The molecule has 8 nitrogen and oxygen atoms in total. The van der Waals surface area contributed by atoms with Gasteiger partial charge in [0.05, 0.1) is 22.8 Å². The lowest BCUT2D eigenvalue weighted by Gasteiger charge is -2.27. The molecule has 34 heavy (non-hydrogen) atoms. The van der Waals surface area contributed by atoms with Gasteiger partial charge in [-0.05, 0) is 70.1 Å². The smallest absolute Gasteiger partial charge is 0.160 e. The van der Waals surface area contributed by atoms with Crippen LogP contribution in [0.1, 0.15) is 49.8 Å². The van der Waals surface area contributed by atoms with E-state index in [1.807, 2.05) is 23.6 Å². The maximum atomic E-state index is 9.93. The number of hydrogen-bond acceptors (Lipinski definition) is 7. The molecule has 6 rings (SSSR count). The first-order chi connectivity index (χ1) is 16.5. The fourth-order valence-corrected chi connectivity index (χ4v) is 5.21. The summed E-state index contributed by atoms with van der Waals surface area (Å²) in [6.07, 6.45) is 5.79. The van der Waals surface area contributed by atoms with Crippen LogP contribution in [0.5, 0.6) is 0 Å². The maximum Gasteiger partial charge on any atom is 0.160 e. The number of rotatable bonds is 4. The van der Waals surface area contributed by atoms with Gasteiger partial charge >= 0.3 is 0 Å². The van der Waals surface area contributed by atoms with Crippen LogP contribution >= 0.6 is 0 Å². The largest absolute Gasteiger partial charge is 0.393 e. The number of aliphatic hydroxyl groups is 1. The normalized spacial score (nSPS) is 21.0. The van der Waals surface area contributed by atoms with E-state index in [9.17, 15) is 5.11 Å². The highest BCUT2D eigenvalue weighted by molar-refractivity contribution is 5.79. The average molecular weight is 458 g/mol. The minimum Gasteiger partial charge on any atom is -0.393 e. The summed E-state index contributed by atoms with van der Waals surface area (Å²) >= 11 is 0. The number of aromatic nitrogens is 5. The third-order valence-corrected chi connectivity index (χ3v) is 7.13. The third kappa shape index (κ3) is 3.96. The highest BCUT2D eigenvalue weighted by atomic mass is 16.3. The van der Waals surface area contributed by atoms with Gasteiger partial charge in [0.1, 0.15) is 23.0 Å². The van der Waals surface area contributed by atoms with Crippen molar-refractivity contribution in [3.8, 4) is 11.4 Å². The van der Waals surface area contributed by atoms with E-state index in [1.165, 1.54) is 12.8 Å². The fraction of sp³-hybridized carbons (Fsp3) is 0.462. The standard InChI is InChI=1S/C26H31N7O/c1-16-5-10-20-21(13-16)29-26(17(2)27-20)22-14-24-30-23(32-11-3-4-12-32)15-25(33(24)31-22)28-18-6-8-19(34)9-7-18/h5,10,13-15,18-19,28,34H,3-4,6-9,11-12H2,1-2H3/t18-,19-. The molecule has 1 saturated carbocycles. The molecule has 0 spiro atoms. The molecule has 0 unspecified atom stereocenters. The number of nitrogens with zero attached hydrogens (tertiary/aromatic N) is 6. The molecule has 8 heteroatoms. The monoisotopic (exact) mass is 457 g/mol. The molecule has 1 saturated heterocycles. The number of hydrogen-bond donors (Lipinski definition) is 2. The SMILES string of the molecule is Cc1ccc2nc(C)c(-c3cc4nc(N5CCCC5)cc(N[C@H]5CC[C@H](O)CC5)n4n3)nc2c1. The zero-order chi connectivity index (χ0) is 23.2. The molecule has 1 aromatic carbocycles. The number of anilines is 2. The van der Waals surface area contributed by atoms with E-state index in [2.05, 4.69) is 35.3 Å². The lowest BCUT2D eigenvalue weighted by Crippen LogP contribution is -2.29. The van der Waals surface area contributed by atoms with Crippen LogP contribution in [0.15, 0.2) is 30.3 Å². The van der Waals surface area contributed by atoms with Gasteiger partial charge < -0.3 is 15.3 Å². The number of aliphatic hydroxyl groups excluding tert-OH is 1. The predicted octanol–water partition coefficient (Wildman–Crippen LogP) is 4.27. The van der Waals surface area contributed by atoms with E-state index < -0.39 is 0 Å². The van der Waals surface area contributed by atoms with Crippen molar-refractivity contribution in [2.75, 3.05) is 23.3 Å². The van der Waals surface area contributed by atoms with Crippen molar-refractivity contribution in [3.63, 3.8) is 0 Å². The third-order valence-electron chi connectivity index (χ3n) is 7.13. The van der Waals surface area contributed by atoms with E-state index >= 15 is 0 Å². The van der Waals surface area contributed by atoms with Crippen LogP contribution < -0.4 is 10.2 Å². The summed E-state index contributed by atoms with van der Waals surface area (Å²) in [4.78, 5) is 17.0. The number of benzene rings is 1. The topological polar surface area (TPSA) is 91.5 Å². The van der Waals surface area contributed by atoms with Crippen molar-refractivity contribution in [3.05, 3.63) is 41.6 Å². The maximum absolute atomic E-state index is 9.93. The Bertz CT molecular complexity index is 1350. The molecule has 4 aromatic rings. The van der Waals surface area contributed by atoms with E-state index in [0.29, 0.717) is 6.04 Å². The molecule has 3 aromatic heterocycles. The molecule has 0 bridgehead atoms. The van der Waals surface area contributed by atoms with Crippen molar-refractivity contribution in [1.29, 1.82) is 0 Å². The molecule has 0 radical (unpaired) electrons. The Morgan fingerprint density at radius 2 is 1.71 bits per heavy atom. The second kappa shape index (κ2) is 8.51. The molecular weight excluding hydrogens is 426 g/mol. The van der Waals surface area contributed by atoms with Crippen molar-refractivity contribution >= 4 is 28.3 Å². The van der Waals surface area contributed by atoms with E-state index in [4.69, 9.17) is 20.1 Å².